The van der Waals surface area contributed by atoms with Crippen LogP contribution in [0.5, 0.6) is 0 Å². The predicted molar refractivity (Wildman–Crippen MR) is 93.5 cm³/mol. The fraction of sp³-hybridized carbons (Fsp3) is 0.278. The van der Waals surface area contributed by atoms with Crippen molar-refractivity contribution in [2.45, 2.75) is 32.3 Å². The minimum absolute atomic E-state index is 0.0529. The molecule has 7 heteroatoms. The van der Waals surface area contributed by atoms with Gasteiger partial charge in [-0.05, 0) is 43.9 Å². The maximum Gasteiger partial charge on any atom is 0.359 e. The van der Waals surface area contributed by atoms with E-state index in [0.29, 0.717) is 11.5 Å². The van der Waals surface area contributed by atoms with E-state index in [1.165, 1.54) is 6.20 Å². The van der Waals surface area contributed by atoms with Crippen molar-refractivity contribution in [2.75, 3.05) is 0 Å². The molecule has 128 valence electrons. The van der Waals surface area contributed by atoms with Gasteiger partial charge in [0, 0.05) is 21.8 Å². The summed E-state index contributed by atoms with van der Waals surface area (Å²) < 4.78 is 13.2. The zero-order valence-electron chi connectivity index (χ0n) is 13.4. The van der Waals surface area contributed by atoms with Crippen LogP contribution in [0, 0.1) is 0 Å². The number of fused-ring (bicyclic) bond motifs is 1. The number of hydrogen-bond acceptors (Lipinski definition) is 5. The first-order valence-corrected chi connectivity index (χ1v) is 8.95. The molecule has 0 aliphatic heterocycles. The highest BCUT2D eigenvalue weighted by molar-refractivity contribution is 9.10. The topological polar surface area (TPSA) is 70.2 Å². The van der Waals surface area contributed by atoms with Crippen molar-refractivity contribution in [3.63, 3.8) is 0 Å². The van der Waals surface area contributed by atoms with E-state index in [2.05, 4.69) is 26.2 Å². The Labute approximate surface area is 152 Å². The van der Waals surface area contributed by atoms with Crippen LogP contribution >= 0.6 is 15.9 Å². The van der Waals surface area contributed by atoms with E-state index in [1.807, 2.05) is 28.9 Å². The number of esters is 1. The standard InChI is InChI=1S/C18H16BrN3O3/c19-12-4-3-5-13(10-12)22-16-7-2-1-6-15(16)17(21-22)18(23)24-11-14-8-9-20-25-14/h3-5,8-10H,1-2,6-7,11H2. The molecule has 2 aromatic heterocycles. The summed E-state index contributed by atoms with van der Waals surface area (Å²) in [7, 11) is 0. The smallest absolute Gasteiger partial charge is 0.359 e. The molecular weight excluding hydrogens is 386 g/mol. The van der Waals surface area contributed by atoms with E-state index in [0.717, 1.165) is 47.1 Å². The Morgan fingerprint density at radius 2 is 2.16 bits per heavy atom. The number of hydrogen-bond donors (Lipinski definition) is 0. The molecular formula is C18H16BrN3O3. The lowest BCUT2D eigenvalue weighted by Gasteiger charge is -2.14. The number of carbonyl (C=O) groups excluding carboxylic acids is 1. The molecule has 0 N–H and O–H groups in total. The Balaban J connectivity index is 1.67. The monoisotopic (exact) mass is 401 g/mol. The molecule has 3 aromatic rings. The highest BCUT2D eigenvalue weighted by Crippen LogP contribution is 2.28. The first kappa shape index (κ1) is 16.1. The fourth-order valence-electron chi connectivity index (χ4n) is 3.11. The first-order valence-electron chi connectivity index (χ1n) is 8.16. The summed E-state index contributed by atoms with van der Waals surface area (Å²) in [5.41, 5.74) is 3.42. The van der Waals surface area contributed by atoms with E-state index in [4.69, 9.17) is 9.26 Å². The van der Waals surface area contributed by atoms with Crippen LogP contribution < -0.4 is 0 Å². The second-order valence-electron chi connectivity index (χ2n) is 5.93. The van der Waals surface area contributed by atoms with Crippen molar-refractivity contribution < 1.29 is 14.1 Å². The summed E-state index contributed by atoms with van der Waals surface area (Å²) in [4.78, 5) is 12.6. The second kappa shape index (κ2) is 6.84. The van der Waals surface area contributed by atoms with Gasteiger partial charge < -0.3 is 9.26 Å². The molecule has 6 nitrogen and oxygen atoms in total. The number of benzene rings is 1. The average Bonchev–Trinajstić information content (AvgIpc) is 3.27. The normalized spacial score (nSPS) is 13.5. The van der Waals surface area contributed by atoms with Crippen molar-refractivity contribution in [3.8, 4) is 5.69 Å². The van der Waals surface area contributed by atoms with Crippen molar-refractivity contribution >= 4 is 21.9 Å². The molecule has 1 aromatic carbocycles. The van der Waals surface area contributed by atoms with Gasteiger partial charge in [0.25, 0.3) is 0 Å². The van der Waals surface area contributed by atoms with Crippen LogP contribution in [0.25, 0.3) is 5.69 Å². The van der Waals surface area contributed by atoms with Crippen molar-refractivity contribution in [1.82, 2.24) is 14.9 Å². The SMILES string of the molecule is O=C(OCc1ccno1)c1nn(-c2cccc(Br)c2)c2c1CCCC2. The summed E-state index contributed by atoms with van der Waals surface area (Å²) in [5.74, 6) is 0.0805. The van der Waals surface area contributed by atoms with Crippen LogP contribution in [0.3, 0.4) is 0 Å². The van der Waals surface area contributed by atoms with Crippen LogP contribution in [0.4, 0.5) is 0 Å². The summed E-state index contributed by atoms with van der Waals surface area (Å²) in [6, 6.07) is 9.56. The van der Waals surface area contributed by atoms with Gasteiger partial charge in [-0.15, -0.1) is 0 Å². The fourth-order valence-corrected chi connectivity index (χ4v) is 3.49. The maximum absolute atomic E-state index is 12.6. The molecule has 1 aliphatic rings. The van der Waals surface area contributed by atoms with Crippen molar-refractivity contribution in [3.05, 3.63) is 63.7 Å². The lowest BCUT2D eigenvalue weighted by atomic mass is 9.95. The van der Waals surface area contributed by atoms with Crippen LogP contribution in [-0.4, -0.2) is 20.9 Å². The average molecular weight is 402 g/mol. The lowest BCUT2D eigenvalue weighted by molar-refractivity contribution is 0.0428. The van der Waals surface area contributed by atoms with Gasteiger partial charge in [-0.3, -0.25) is 0 Å². The molecule has 0 bridgehead atoms. The minimum atomic E-state index is -0.428. The number of halogens is 1. The van der Waals surface area contributed by atoms with Crippen LogP contribution in [0.1, 0.15) is 40.3 Å². The highest BCUT2D eigenvalue weighted by atomic mass is 79.9. The molecule has 0 saturated heterocycles. The Hall–Kier alpha value is -2.41. The Bertz CT molecular complexity index is 902. The highest BCUT2D eigenvalue weighted by Gasteiger charge is 2.26. The zero-order chi connectivity index (χ0) is 17.2. The quantitative estimate of drug-likeness (QED) is 0.620. The summed E-state index contributed by atoms with van der Waals surface area (Å²) in [6.07, 6.45) is 5.42. The van der Waals surface area contributed by atoms with Crippen LogP contribution in [0.2, 0.25) is 0 Å². The predicted octanol–water partition coefficient (Wildman–Crippen LogP) is 3.86. The number of aromatic nitrogens is 3. The molecule has 0 atom stereocenters. The van der Waals surface area contributed by atoms with Gasteiger partial charge >= 0.3 is 5.97 Å². The molecule has 0 amide bonds. The molecule has 0 unspecified atom stereocenters. The van der Waals surface area contributed by atoms with Crippen molar-refractivity contribution in [1.29, 1.82) is 0 Å². The van der Waals surface area contributed by atoms with E-state index in [1.54, 1.807) is 6.07 Å². The molecule has 0 spiro atoms. The molecule has 0 fully saturated rings. The number of carbonyl (C=O) groups is 1. The van der Waals surface area contributed by atoms with Crippen LogP contribution in [-0.2, 0) is 24.2 Å². The van der Waals surface area contributed by atoms with Gasteiger partial charge in [-0.2, -0.15) is 5.10 Å². The minimum Gasteiger partial charge on any atom is -0.453 e. The van der Waals surface area contributed by atoms with Gasteiger partial charge in [-0.1, -0.05) is 27.2 Å². The molecule has 0 saturated carbocycles. The Morgan fingerprint density at radius 3 is 2.96 bits per heavy atom. The van der Waals surface area contributed by atoms with E-state index < -0.39 is 5.97 Å². The van der Waals surface area contributed by atoms with E-state index >= 15 is 0 Å². The second-order valence-corrected chi connectivity index (χ2v) is 6.84. The Kier molecular flexibility index (Phi) is 4.40. The third-order valence-corrected chi connectivity index (χ3v) is 4.76. The van der Waals surface area contributed by atoms with Gasteiger partial charge in [0.1, 0.15) is 0 Å². The largest absolute Gasteiger partial charge is 0.453 e. The van der Waals surface area contributed by atoms with Gasteiger partial charge in [0.05, 0.1) is 11.9 Å². The molecule has 4 rings (SSSR count). The van der Waals surface area contributed by atoms with E-state index in [-0.39, 0.29) is 6.61 Å². The summed E-state index contributed by atoms with van der Waals surface area (Å²) in [5, 5.41) is 8.18. The third kappa shape index (κ3) is 3.24. The van der Waals surface area contributed by atoms with Gasteiger partial charge in [0.2, 0.25) is 0 Å². The van der Waals surface area contributed by atoms with Crippen molar-refractivity contribution in [2.24, 2.45) is 0 Å². The number of nitrogens with zero attached hydrogens (tertiary/aromatic N) is 3. The number of ether oxygens (including phenoxy) is 1. The van der Waals surface area contributed by atoms with E-state index in [9.17, 15) is 4.79 Å². The summed E-state index contributed by atoms with van der Waals surface area (Å²) in [6.45, 7) is 0.0529. The van der Waals surface area contributed by atoms with Gasteiger partial charge in [0.15, 0.2) is 18.1 Å². The maximum atomic E-state index is 12.6. The first-order chi connectivity index (χ1) is 12.2. The molecule has 0 radical (unpaired) electrons. The third-order valence-electron chi connectivity index (χ3n) is 4.26. The lowest BCUT2D eigenvalue weighted by Crippen LogP contribution is -2.10. The molecule has 2 heterocycles. The molecule has 25 heavy (non-hydrogen) atoms. The van der Waals surface area contributed by atoms with Gasteiger partial charge in [-0.25, -0.2) is 9.48 Å². The molecule has 1 aliphatic carbocycles. The Morgan fingerprint density at radius 1 is 1.28 bits per heavy atom. The zero-order valence-corrected chi connectivity index (χ0v) is 15.0. The number of rotatable bonds is 4. The summed E-state index contributed by atoms with van der Waals surface area (Å²) >= 11 is 3.49. The van der Waals surface area contributed by atoms with Crippen LogP contribution in [0.15, 0.2) is 45.5 Å².